The van der Waals surface area contributed by atoms with Gasteiger partial charge in [-0.15, -0.1) is 0 Å². The summed E-state index contributed by atoms with van der Waals surface area (Å²) in [4.78, 5) is 5.45. The molecule has 0 radical (unpaired) electrons. The third-order valence-electron chi connectivity index (χ3n) is 6.23. The summed E-state index contributed by atoms with van der Waals surface area (Å²) in [5, 5.41) is 22.0. The quantitative estimate of drug-likeness (QED) is 0.804. The Morgan fingerprint density at radius 1 is 1.48 bits per heavy atom. The highest BCUT2D eigenvalue weighted by molar-refractivity contribution is 5.41. The summed E-state index contributed by atoms with van der Waals surface area (Å²) < 4.78 is 6.31. The Morgan fingerprint density at radius 2 is 2.30 bits per heavy atom. The zero-order valence-electron chi connectivity index (χ0n) is 13.7. The van der Waals surface area contributed by atoms with Gasteiger partial charge in [0.1, 0.15) is 6.10 Å². The smallest absolute Gasteiger partial charge is 0.112 e. The van der Waals surface area contributed by atoms with Crippen LogP contribution in [0.5, 0.6) is 0 Å². The second-order valence-electron chi connectivity index (χ2n) is 7.43. The fraction of sp³-hybridized carbons (Fsp3) is 0.722. The number of ether oxygens (including phenoxy) is 1. The molecule has 1 saturated carbocycles. The maximum absolute atomic E-state index is 10.3. The summed E-state index contributed by atoms with van der Waals surface area (Å²) in [7, 11) is 1.66. The number of aliphatic hydroxyl groups is 1. The van der Waals surface area contributed by atoms with Gasteiger partial charge < -0.3 is 9.84 Å². The Morgan fingerprint density at radius 3 is 3.04 bits per heavy atom. The van der Waals surface area contributed by atoms with E-state index in [9.17, 15) is 10.4 Å². The molecule has 0 aromatic carbocycles. The van der Waals surface area contributed by atoms with Crippen molar-refractivity contribution in [2.24, 2.45) is 23.2 Å². The first-order chi connectivity index (χ1) is 11.1. The van der Waals surface area contributed by atoms with Crippen LogP contribution in [0.15, 0.2) is 23.6 Å². The fourth-order valence-corrected chi connectivity index (χ4v) is 5.27. The van der Waals surface area contributed by atoms with Crippen molar-refractivity contribution in [3.8, 4) is 6.07 Å². The minimum Gasteiger partial charge on any atom is -0.493 e. The molecule has 2 aliphatic carbocycles. The van der Waals surface area contributed by atoms with E-state index in [1.54, 1.807) is 7.11 Å². The summed E-state index contributed by atoms with van der Waals surface area (Å²) in [6, 6.07) is 2.59. The second-order valence-corrected chi connectivity index (χ2v) is 7.43. The van der Waals surface area contributed by atoms with Gasteiger partial charge in [-0.05, 0) is 30.8 Å². The summed E-state index contributed by atoms with van der Waals surface area (Å²) in [6.07, 6.45) is 7.05. The van der Waals surface area contributed by atoms with Gasteiger partial charge in [0.25, 0.3) is 0 Å². The van der Waals surface area contributed by atoms with E-state index < -0.39 is 0 Å². The molecule has 3 unspecified atom stereocenters. The van der Waals surface area contributed by atoms with Crippen molar-refractivity contribution >= 4 is 0 Å². The monoisotopic (exact) mass is 316 g/mol. The van der Waals surface area contributed by atoms with Crippen molar-refractivity contribution in [3.63, 3.8) is 0 Å². The molecule has 0 aromatic heterocycles. The zero-order chi connectivity index (χ0) is 16.2. The van der Waals surface area contributed by atoms with Crippen LogP contribution in [0.2, 0.25) is 0 Å². The van der Waals surface area contributed by atoms with Crippen LogP contribution in [0.25, 0.3) is 0 Å². The topological polar surface area (TPSA) is 65.7 Å². The van der Waals surface area contributed by atoms with Gasteiger partial charge >= 0.3 is 0 Å². The first kappa shape index (κ1) is 15.0. The number of hydroxylamine groups is 2. The molecule has 0 aromatic rings. The van der Waals surface area contributed by atoms with Crippen LogP contribution in [-0.4, -0.2) is 36.0 Å². The van der Waals surface area contributed by atoms with Gasteiger partial charge in [0.2, 0.25) is 0 Å². The Balaban J connectivity index is 1.89. The molecule has 4 aliphatic rings. The van der Waals surface area contributed by atoms with E-state index >= 15 is 0 Å². The minimum atomic E-state index is -0.370. The Labute approximate surface area is 137 Å². The molecule has 0 amide bonds. The summed E-state index contributed by atoms with van der Waals surface area (Å²) in [6.45, 7) is 2.88. The lowest BCUT2D eigenvalue weighted by Gasteiger charge is -2.45. The Hall–Kier alpha value is -1.51. The average molecular weight is 316 g/mol. The maximum atomic E-state index is 10.3. The molecule has 2 heterocycles. The van der Waals surface area contributed by atoms with Gasteiger partial charge in [0, 0.05) is 18.5 Å². The third kappa shape index (κ3) is 1.98. The summed E-state index contributed by atoms with van der Waals surface area (Å²) in [5.41, 5.74) is 0.918. The van der Waals surface area contributed by atoms with E-state index in [0.717, 1.165) is 18.6 Å². The van der Waals surface area contributed by atoms with Gasteiger partial charge in [0.15, 0.2) is 0 Å². The van der Waals surface area contributed by atoms with Crippen LogP contribution < -0.4 is 0 Å². The highest BCUT2D eigenvalue weighted by Crippen LogP contribution is 2.61. The number of hydrogen-bond acceptors (Lipinski definition) is 5. The number of hydrogen-bond donors (Lipinski definition) is 1. The standard InChI is InChI=1S/C18H24N2O3/c1-11-3-4-16-18(14(11)9-19)5-6-20(22-2)10-12-7-13(21)8-15(23-16)17(12)18/h5-6,11-14,16,21H,3-4,7-8,10H2,1-2H3/t11?,12-,13-,14?,16-,18?/m1/s1. The fourth-order valence-electron chi connectivity index (χ4n) is 5.27. The van der Waals surface area contributed by atoms with E-state index in [2.05, 4.69) is 19.1 Å². The van der Waals surface area contributed by atoms with Gasteiger partial charge in [-0.25, -0.2) is 0 Å². The van der Waals surface area contributed by atoms with E-state index in [0.29, 0.717) is 25.3 Å². The van der Waals surface area contributed by atoms with Crippen LogP contribution in [0.4, 0.5) is 0 Å². The number of nitrogens with zero attached hydrogens (tertiary/aromatic N) is 2. The molecule has 23 heavy (non-hydrogen) atoms. The molecule has 4 rings (SSSR count). The SMILES string of the molecule is CON1C=CC23C4=C(C[C@H](O)C[C@@H]4C1)O[C@@H]2CCC(C)C3C#N. The Kier molecular flexibility index (Phi) is 3.44. The molecular formula is C18H24N2O3. The predicted octanol–water partition coefficient (Wildman–Crippen LogP) is 2.36. The zero-order valence-corrected chi connectivity index (χ0v) is 13.7. The lowest BCUT2D eigenvalue weighted by molar-refractivity contribution is -0.0967. The molecule has 1 N–H and O–H groups in total. The molecule has 0 bridgehead atoms. The molecule has 1 fully saturated rings. The number of nitriles is 1. The normalized spacial score (nSPS) is 45.0. The predicted molar refractivity (Wildman–Crippen MR) is 83.4 cm³/mol. The van der Waals surface area contributed by atoms with Gasteiger partial charge in [-0.2, -0.15) is 5.26 Å². The molecule has 5 nitrogen and oxygen atoms in total. The van der Waals surface area contributed by atoms with Gasteiger partial charge in [-0.3, -0.25) is 9.90 Å². The van der Waals surface area contributed by atoms with Gasteiger partial charge in [0.05, 0.1) is 42.9 Å². The van der Waals surface area contributed by atoms with E-state index in [-0.39, 0.29) is 29.5 Å². The van der Waals surface area contributed by atoms with Crippen LogP contribution in [0.3, 0.4) is 0 Å². The van der Waals surface area contributed by atoms with Crippen molar-refractivity contribution in [3.05, 3.63) is 23.6 Å². The number of rotatable bonds is 1. The highest BCUT2D eigenvalue weighted by atomic mass is 16.7. The lowest BCUT2D eigenvalue weighted by Crippen LogP contribution is -2.47. The van der Waals surface area contributed by atoms with Crippen molar-refractivity contribution in [2.75, 3.05) is 13.7 Å². The minimum absolute atomic E-state index is 0.0224. The summed E-state index contributed by atoms with van der Waals surface area (Å²) >= 11 is 0. The van der Waals surface area contributed by atoms with Crippen LogP contribution >= 0.6 is 0 Å². The third-order valence-corrected chi connectivity index (χ3v) is 6.23. The van der Waals surface area contributed by atoms with Crippen molar-refractivity contribution < 1.29 is 14.7 Å². The highest BCUT2D eigenvalue weighted by Gasteiger charge is 2.61. The number of aliphatic hydroxyl groups excluding tert-OH is 1. The van der Waals surface area contributed by atoms with Crippen LogP contribution in [-0.2, 0) is 9.57 Å². The van der Waals surface area contributed by atoms with Crippen molar-refractivity contribution in [1.82, 2.24) is 5.06 Å². The first-order valence-corrected chi connectivity index (χ1v) is 8.58. The van der Waals surface area contributed by atoms with Crippen LogP contribution in [0.1, 0.15) is 32.6 Å². The van der Waals surface area contributed by atoms with Crippen LogP contribution in [0, 0.1) is 34.5 Å². The molecule has 5 heteroatoms. The maximum Gasteiger partial charge on any atom is 0.112 e. The van der Waals surface area contributed by atoms with E-state index in [1.807, 2.05) is 11.3 Å². The first-order valence-electron chi connectivity index (χ1n) is 8.58. The van der Waals surface area contributed by atoms with E-state index in [1.165, 1.54) is 5.57 Å². The average Bonchev–Trinajstić information content (AvgIpc) is 2.75. The molecule has 124 valence electrons. The molecule has 2 aliphatic heterocycles. The molecule has 1 spiro atoms. The van der Waals surface area contributed by atoms with Crippen molar-refractivity contribution in [2.45, 2.75) is 44.8 Å². The van der Waals surface area contributed by atoms with E-state index in [4.69, 9.17) is 9.57 Å². The molecule has 6 atom stereocenters. The largest absolute Gasteiger partial charge is 0.493 e. The summed E-state index contributed by atoms with van der Waals surface area (Å²) in [5.74, 6) is 1.38. The lowest BCUT2D eigenvalue weighted by atomic mass is 9.55. The second kappa shape index (κ2) is 5.25. The van der Waals surface area contributed by atoms with Gasteiger partial charge in [-0.1, -0.05) is 13.0 Å². The molecular weight excluding hydrogens is 292 g/mol. The molecule has 0 saturated heterocycles. The Bertz CT molecular complexity index is 608. The van der Waals surface area contributed by atoms with Crippen molar-refractivity contribution in [1.29, 1.82) is 5.26 Å².